The highest BCUT2D eigenvalue weighted by atomic mass is 19.1. The van der Waals surface area contributed by atoms with Gasteiger partial charge in [0.05, 0.1) is 5.69 Å². The second-order valence-corrected chi connectivity index (χ2v) is 8.40. The van der Waals surface area contributed by atoms with Crippen molar-refractivity contribution in [3.63, 3.8) is 0 Å². The van der Waals surface area contributed by atoms with E-state index in [0.717, 1.165) is 43.6 Å². The average molecular weight is 385 g/mol. The monoisotopic (exact) mass is 385 g/mol. The van der Waals surface area contributed by atoms with Crippen LogP contribution in [0.1, 0.15) is 60.8 Å². The Morgan fingerprint density at radius 3 is 2.68 bits per heavy atom. The summed E-state index contributed by atoms with van der Waals surface area (Å²) in [6.45, 7) is 7.43. The molecule has 5 nitrogen and oxygen atoms in total. The van der Waals surface area contributed by atoms with E-state index in [4.69, 9.17) is 4.52 Å². The van der Waals surface area contributed by atoms with E-state index in [9.17, 15) is 9.18 Å². The number of rotatable bonds is 5. The molecule has 0 bridgehead atoms. The Morgan fingerprint density at radius 2 is 2.00 bits per heavy atom. The number of nitrogens with zero attached hydrogens (tertiary/aromatic N) is 3. The lowest BCUT2D eigenvalue weighted by Crippen LogP contribution is -2.45. The lowest BCUT2D eigenvalue weighted by atomic mass is 10.0. The lowest BCUT2D eigenvalue weighted by molar-refractivity contribution is 0.0662. The quantitative estimate of drug-likeness (QED) is 0.779. The van der Waals surface area contributed by atoms with Crippen LogP contribution in [0.4, 0.5) is 4.39 Å². The van der Waals surface area contributed by atoms with Gasteiger partial charge in [-0.05, 0) is 42.9 Å². The van der Waals surface area contributed by atoms with Crippen LogP contribution in [0.25, 0.3) is 0 Å². The first-order chi connectivity index (χ1) is 13.5. The summed E-state index contributed by atoms with van der Waals surface area (Å²) in [7, 11) is 0. The lowest BCUT2D eigenvalue weighted by Gasteiger charge is -2.34. The summed E-state index contributed by atoms with van der Waals surface area (Å²) in [5, 5.41) is 4.09. The first-order valence-electron chi connectivity index (χ1n) is 10.3. The second kappa shape index (κ2) is 8.03. The zero-order valence-electron chi connectivity index (χ0n) is 16.6. The third kappa shape index (κ3) is 4.27. The van der Waals surface area contributed by atoms with Gasteiger partial charge in [0, 0.05) is 44.2 Å². The fourth-order valence-electron chi connectivity index (χ4n) is 4.02. The predicted octanol–water partition coefficient (Wildman–Crippen LogP) is 4.06. The first-order valence-corrected chi connectivity index (χ1v) is 10.3. The van der Waals surface area contributed by atoms with E-state index in [0.29, 0.717) is 30.7 Å². The van der Waals surface area contributed by atoms with Crippen LogP contribution in [-0.4, -0.2) is 46.5 Å². The van der Waals surface area contributed by atoms with Gasteiger partial charge in [-0.25, -0.2) is 4.39 Å². The highest BCUT2D eigenvalue weighted by Gasteiger charge is 2.33. The predicted molar refractivity (Wildman–Crippen MR) is 104 cm³/mol. The maximum atomic E-state index is 13.2. The fraction of sp³-hybridized carbons (Fsp3) is 0.545. The Balaban J connectivity index is 1.47. The van der Waals surface area contributed by atoms with Crippen molar-refractivity contribution in [3.8, 4) is 0 Å². The molecule has 1 aliphatic carbocycles. The number of carbonyl (C=O) groups is 1. The van der Waals surface area contributed by atoms with Gasteiger partial charge in [0.15, 0.2) is 0 Å². The second-order valence-electron chi connectivity index (χ2n) is 8.40. The zero-order valence-corrected chi connectivity index (χ0v) is 16.6. The van der Waals surface area contributed by atoms with E-state index in [1.165, 1.54) is 12.1 Å². The van der Waals surface area contributed by atoms with Crippen molar-refractivity contribution < 1.29 is 13.7 Å². The number of amides is 1. The molecule has 0 N–H and O–H groups in total. The summed E-state index contributed by atoms with van der Waals surface area (Å²) in [5.41, 5.74) is 2.01. The molecular weight excluding hydrogens is 357 g/mol. The number of carbonyl (C=O) groups excluding carboxylic acids is 1. The fourth-order valence-corrected chi connectivity index (χ4v) is 4.02. The SMILES string of the molecule is CC(C)[C@@H]1CN(C(=O)c2cc(C3CC3)no2)CCCN1Cc1ccc(F)cc1. The summed E-state index contributed by atoms with van der Waals surface area (Å²) >= 11 is 0. The molecule has 1 aliphatic heterocycles. The van der Waals surface area contributed by atoms with Crippen LogP contribution >= 0.6 is 0 Å². The van der Waals surface area contributed by atoms with Crippen molar-refractivity contribution >= 4 is 5.91 Å². The van der Waals surface area contributed by atoms with Crippen LogP contribution in [0.15, 0.2) is 34.9 Å². The minimum atomic E-state index is -0.213. The molecule has 0 unspecified atom stereocenters. The van der Waals surface area contributed by atoms with E-state index in [-0.39, 0.29) is 17.8 Å². The standard InChI is InChI=1S/C22H28FN3O2/c1-15(2)20-14-26(22(27)21-12-19(24-28-21)17-6-7-17)11-3-10-25(20)13-16-4-8-18(23)9-5-16/h4-5,8-9,12,15,17,20H,3,6-7,10-11,13-14H2,1-2H3/t20-/m0/s1. The minimum absolute atomic E-state index is 0.0614. The smallest absolute Gasteiger partial charge is 0.292 e. The molecule has 28 heavy (non-hydrogen) atoms. The van der Waals surface area contributed by atoms with Gasteiger partial charge in [-0.2, -0.15) is 0 Å². The topological polar surface area (TPSA) is 49.6 Å². The van der Waals surface area contributed by atoms with Crippen molar-refractivity contribution in [2.24, 2.45) is 5.92 Å². The highest BCUT2D eigenvalue weighted by molar-refractivity contribution is 5.91. The molecule has 0 radical (unpaired) electrons. The largest absolute Gasteiger partial charge is 0.351 e. The van der Waals surface area contributed by atoms with Crippen LogP contribution < -0.4 is 0 Å². The molecular formula is C22H28FN3O2. The van der Waals surface area contributed by atoms with Gasteiger partial charge in [-0.15, -0.1) is 0 Å². The molecule has 1 saturated carbocycles. The van der Waals surface area contributed by atoms with Crippen molar-refractivity contribution in [1.82, 2.24) is 15.0 Å². The Hall–Kier alpha value is -2.21. The molecule has 2 heterocycles. The van der Waals surface area contributed by atoms with Crippen LogP contribution in [-0.2, 0) is 6.54 Å². The van der Waals surface area contributed by atoms with Crippen LogP contribution in [0.5, 0.6) is 0 Å². The molecule has 2 aromatic rings. The maximum Gasteiger partial charge on any atom is 0.292 e. The van der Waals surface area contributed by atoms with Gasteiger partial charge in [0.2, 0.25) is 5.76 Å². The van der Waals surface area contributed by atoms with E-state index in [1.54, 1.807) is 0 Å². The third-order valence-corrected chi connectivity index (χ3v) is 5.84. The normalized spacial score (nSPS) is 21.1. The van der Waals surface area contributed by atoms with Crippen LogP contribution in [0.3, 0.4) is 0 Å². The molecule has 6 heteroatoms. The Labute approximate surface area is 165 Å². The van der Waals surface area contributed by atoms with E-state index < -0.39 is 0 Å². The van der Waals surface area contributed by atoms with Crippen molar-refractivity contribution in [1.29, 1.82) is 0 Å². The van der Waals surface area contributed by atoms with Gasteiger partial charge in [0.1, 0.15) is 5.82 Å². The van der Waals surface area contributed by atoms with Gasteiger partial charge >= 0.3 is 0 Å². The average Bonchev–Trinajstić information content (AvgIpc) is 3.45. The van der Waals surface area contributed by atoms with Crippen molar-refractivity contribution in [3.05, 3.63) is 53.2 Å². The molecule has 150 valence electrons. The third-order valence-electron chi connectivity index (χ3n) is 5.84. The molecule has 1 amide bonds. The Morgan fingerprint density at radius 1 is 1.25 bits per heavy atom. The van der Waals surface area contributed by atoms with Crippen LogP contribution in [0, 0.1) is 11.7 Å². The molecule has 2 aliphatic rings. The molecule has 1 aromatic carbocycles. The number of benzene rings is 1. The molecule has 1 atom stereocenters. The van der Waals surface area contributed by atoms with Gasteiger partial charge < -0.3 is 9.42 Å². The molecule has 4 rings (SSSR count). The first kappa shape index (κ1) is 19.1. The van der Waals surface area contributed by atoms with E-state index in [2.05, 4.69) is 23.9 Å². The number of aromatic nitrogens is 1. The summed E-state index contributed by atoms with van der Waals surface area (Å²) in [6.07, 6.45) is 3.18. The zero-order chi connectivity index (χ0) is 19.7. The number of halogens is 1. The summed E-state index contributed by atoms with van der Waals surface area (Å²) in [4.78, 5) is 17.3. The molecule has 1 aromatic heterocycles. The molecule has 1 saturated heterocycles. The Kier molecular flexibility index (Phi) is 5.49. The van der Waals surface area contributed by atoms with Crippen LogP contribution in [0.2, 0.25) is 0 Å². The van der Waals surface area contributed by atoms with Crippen molar-refractivity contribution in [2.45, 2.75) is 51.6 Å². The molecule has 2 fully saturated rings. The van der Waals surface area contributed by atoms with Gasteiger partial charge in [-0.1, -0.05) is 31.1 Å². The van der Waals surface area contributed by atoms with Gasteiger partial charge in [-0.3, -0.25) is 9.69 Å². The Bertz CT molecular complexity index is 813. The number of hydrogen-bond acceptors (Lipinski definition) is 4. The summed E-state index contributed by atoms with van der Waals surface area (Å²) in [5.74, 6) is 0.953. The van der Waals surface area contributed by atoms with Crippen molar-refractivity contribution in [2.75, 3.05) is 19.6 Å². The molecule has 0 spiro atoms. The summed E-state index contributed by atoms with van der Waals surface area (Å²) in [6, 6.07) is 8.76. The maximum absolute atomic E-state index is 13.2. The minimum Gasteiger partial charge on any atom is -0.351 e. The summed E-state index contributed by atoms with van der Waals surface area (Å²) < 4.78 is 18.6. The number of hydrogen-bond donors (Lipinski definition) is 0. The van der Waals surface area contributed by atoms with E-state index in [1.807, 2.05) is 23.1 Å². The highest BCUT2D eigenvalue weighted by Crippen LogP contribution is 2.39. The van der Waals surface area contributed by atoms with Gasteiger partial charge in [0.25, 0.3) is 5.91 Å². The van der Waals surface area contributed by atoms with E-state index >= 15 is 0 Å².